The van der Waals surface area contributed by atoms with Gasteiger partial charge in [-0.2, -0.15) is 24.6 Å². The van der Waals surface area contributed by atoms with Crippen LogP contribution >= 0.6 is 0 Å². The second-order valence-corrected chi connectivity index (χ2v) is 5.49. The van der Waals surface area contributed by atoms with Crippen molar-refractivity contribution in [2.24, 2.45) is 0 Å². The largest absolute Gasteiger partial charge is 2.00 e. The Morgan fingerprint density at radius 2 is 1.56 bits per heavy atom. The zero-order valence-electron chi connectivity index (χ0n) is 14.8. The molecule has 1 nitrogen and oxygen atoms in total. The Morgan fingerprint density at radius 1 is 0.960 bits per heavy atom. The van der Waals surface area contributed by atoms with Crippen LogP contribution in [0.5, 0.6) is 0 Å². The molecular formula is C21H25Cl2NTi-2. The monoisotopic (exact) mass is 409 g/mol. The molecule has 1 N–H and O–H groups in total. The van der Waals surface area contributed by atoms with Crippen molar-refractivity contribution in [3.8, 4) is 0 Å². The van der Waals surface area contributed by atoms with Gasteiger partial charge >= 0.3 is 21.7 Å². The van der Waals surface area contributed by atoms with Crippen LogP contribution in [0.4, 0.5) is 0 Å². The number of allylic oxidation sites excluding steroid dienone is 1. The normalized spacial score (nSPS) is 13.2. The number of fused-ring (bicyclic) bond motifs is 1. The fourth-order valence-electron chi connectivity index (χ4n) is 2.75. The minimum Gasteiger partial charge on any atom is -1.00 e. The quantitative estimate of drug-likeness (QED) is 0.511. The first-order chi connectivity index (χ1) is 10.8. The first kappa shape index (κ1) is 26.5. The molecule has 0 amide bonds. The smallest absolute Gasteiger partial charge is 1.00 e. The first-order valence-electron chi connectivity index (χ1n) is 8.11. The second-order valence-electron chi connectivity index (χ2n) is 5.49. The van der Waals surface area contributed by atoms with E-state index in [9.17, 15) is 0 Å². The minimum atomic E-state index is 0. The average Bonchev–Trinajstić information content (AvgIpc) is 3.00. The molecule has 2 aromatic rings. The number of unbranched alkanes of at least 4 members (excludes halogenated alkanes) is 1. The summed E-state index contributed by atoms with van der Waals surface area (Å²) in [6.07, 6.45) is 8.92. The maximum absolute atomic E-state index is 6.60. The summed E-state index contributed by atoms with van der Waals surface area (Å²) in [5.41, 5.74) is 12.1. The fraction of sp³-hybridized carbons (Fsp3) is 0.286. The zero-order valence-corrected chi connectivity index (χ0v) is 17.9. The van der Waals surface area contributed by atoms with Crippen LogP contribution in [0.25, 0.3) is 11.8 Å². The molecule has 25 heavy (non-hydrogen) atoms. The van der Waals surface area contributed by atoms with Crippen molar-refractivity contribution in [2.75, 3.05) is 6.54 Å². The van der Waals surface area contributed by atoms with Crippen LogP contribution in [-0.2, 0) is 21.7 Å². The minimum absolute atomic E-state index is 0. The van der Waals surface area contributed by atoms with E-state index in [-0.39, 0.29) is 46.5 Å². The Balaban J connectivity index is 0. The molecule has 0 spiro atoms. The fourth-order valence-corrected chi connectivity index (χ4v) is 2.75. The van der Waals surface area contributed by atoms with Gasteiger partial charge in [0.2, 0.25) is 0 Å². The van der Waals surface area contributed by atoms with Crippen LogP contribution in [0.15, 0.2) is 54.6 Å². The van der Waals surface area contributed by atoms with Crippen LogP contribution in [-0.4, -0.2) is 6.54 Å². The van der Waals surface area contributed by atoms with Gasteiger partial charge in [-0.15, -0.1) is 17.7 Å². The summed E-state index contributed by atoms with van der Waals surface area (Å²) in [7, 11) is 0. The Labute approximate surface area is 180 Å². The molecule has 0 saturated carbocycles. The Kier molecular flexibility index (Phi) is 15.4. The number of hydrogen-bond donors (Lipinski definition) is 0. The van der Waals surface area contributed by atoms with Crippen molar-refractivity contribution >= 4 is 6.08 Å². The molecule has 0 fully saturated rings. The molecule has 0 heterocycles. The number of halogens is 2. The Hall–Kier alpha value is -0.696. The standard InChI is InChI=1S/C17H15.C4H10N.2ClH.Ti/c1-2-13-7-3-5-9-15(13)17-12-11-14-8-4-6-10-16(14)17;1-2-3-4-5;;;/h2-12,17H,1H3;5H,2-4H2,1H3;2*1H;/q2*-1;;;+2/p-2. The Morgan fingerprint density at radius 3 is 2.12 bits per heavy atom. The van der Waals surface area contributed by atoms with Gasteiger partial charge in [-0.3, -0.25) is 0 Å². The van der Waals surface area contributed by atoms with Gasteiger partial charge in [0.25, 0.3) is 0 Å². The van der Waals surface area contributed by atoms with Crippen LogP contribution in [0.3, 0.4) is 0 Å². The molecule has 3 rings (SSSR count). The van der Waals surface area contributed by atoms with E-state index in [1.165, 1.54) is 22.3 Å². The summed E-state index contributed by atoms with van der Waals surface area (Å²) in [5.74, 6) is 0.415. The number of hydrogen-bond acceptors (Lipinski definition) is 0. The summed E-state index contributed by atoms with van der Waals surface area (Å²) < 4.78 is 0. The molecule has 4 heteroatoms. The molecule has 1 atom stereocenters. The van der Waals surface area contributed by atoms with Crippen molar-refractivity contribution < 1.29 is 46.5 Å². The summed E-state index contributed by atoms with van der Waals surface area (Å²) in [6, 6.07) is 17.3. The van der Waals surface area contributed by atoms with Crippen LogP contribution < -0.4 is 24.8 Å². The van der Waals surface area contributed by atoms with Gasteiger partial charge in [-0.25, -0.2) is 0 Å². The number of nitrogens with one attached hydrogen (secondary N) is 1. The summed E-state index contributed by atoms with van der Waals surface area (Å²) in [4.78, 5) is 0. The van der Waals surface area contributed by atoms with Crippen molar-refractivity contribution in [3.05, 3.63) is 89.0 Å². The Bertz CT molecular complexity index is 627. The molecular weight excluding hydrogens is 385 g/mol. The van der Waals surface area contributed by atoms with Crippen molar-refractivity contribution in [1.82, 2.24) is 0 Å². The topological polar surface area (TPSA) is 23.8 Å². The molecule has 0 radical (unpaired) electrons. The third-order valence-corrected chi connectivity index (χ3v) is 3.97. The van der Waals surface area contributed by atoms with Gasteiger partial charge in [0, 0.05) is 0 Å². The van der Waals surface area contributed by atoms with Gasteiger partial charge in [-0.1, -0.05) is 69.2 Å². The molecule has 0 saturated heterocycles. The summed E-state index contributed by atoms with van der Waals surface area (Å²) in [6.45, 7) is 4.79. The zero-order chi connectivity index (χ0) is 15.8. The molecule has 0 aromatic heterocycles. The van der Waals surface area contributed by atoms with Crippen LogP contribution in [0.1, 0.15) is 54.9 Å². The third-order valence-electron chi connectivity index (χ3n) is 3.97. The van der Waals surface area contributed by atoms with Crippen molar-refractivity contribution in [1.29, 1.82) is 0 Å². The predicted octanol–water partition coefficient (Wildman–Crippen LogP) is 0.262. The van der Waals surface area contributed by atoms with Crippen molar-refractivity contribution in [3.63, 3.8) is 0 Å². The summed E-state index contributed by atoms with van der Waals surface area (Å²) in [5, 5.41) is 0. The van der Waals surface area contributed by atoms with Gasteiger partial charge in [0.05, 0.1) is 0 Å². The molecule has 0 aliphatic heterocycles. The van der Waals surface area contributed by atoms with E-state index >= 15 is 0 Å². The molecule has 2 aromatic carbocycles. The molecule has 1 aliphatic rings. The van der Waals surface area contributed by atoms with Crippen LogP contribution in [0.2, 0.25) is 0 Å². The SMILES string of the molecule is CCCC[NH-].C[CH-]c1ccccc1C1C=Cc2ccccc21.[Cl-].[Cl-].[Ti+2]. The molecule has 1 unspecified atom stereocenters. The predicted molar refractivity (Wildman–Crippen MR) is 96.9 cm³/mol. The maximum atomic E-state index is 6.60. The molecule has 134 valence electrons. The van der Waals surface area contributed by atoms with E-state index < -0.39 is 0 Å². The maximum Gasteiger partial charge on any atom is 2.00 e. The van der Waals surface area contributed by atoms with E-state index in [1.54, 1.807) is 0 Å². The number of rotatable bonds is 4. The third kappa shape index (κ3) is 7.21. The van der Waals surface area contributed by atoms with E-state index in [0.717, 1.165) is 12.8 Å². The van der Waals surface area contributed by atoms with E-state index in [0.29, 0.717) is 12.5 Å². The first-order valence-corrected chi connectivity index (χ1v) is 8.11. The van der Waals surface area contributed by atoms with Gasteiger partial charge in [0.15, 0.2) is 0 Å². The van der Waals surface area contributed by atoms with Gasteiger partial charge in [0.1, 0.15) is 0 Å². The number of benzene rings is 2. The van der Waals surface area contributed by atoms with Gasteiger partial charge < -0.3 is 30.5 Å². The van der Waals surface area contributed by atoms with E-state index in [1.807, 2.05) is 0 Å². The molecule has 0 bridgehead atoms. The van der Waals surface area contributed by atoms with Crippen LogP contribution in [0, 0.1) is 6.42 Å². The molecule has 1 aliphatic carbocycles. The summed E-state index contributed by atoms with van der Waals surface area (Å²) >= 11 is 0. The van der Waals surface area contributed by atoms with Crippen molar-refractivity contribution in [2.45, 2.75) is 32.6 Å². The van der Waals surface area contributed by atoms with Gasteiger partial charge in [-0.05, 0) is 17.0 Å². The average molecular weight is 410 g/mol. The second kappa shape index (κ2) is 14.5. The van der Waals surface area contributed by atoms with E-state index in [4.69, 9.17) is 5.73 Å². The van der Waals surface area contributed by atoms with E-state index in [2.05, 4.69) is 81.0 Å².